The molecule has 0 bridgehead atoms. The van der Waals surface area contributed by atoms with E-state index in [0.717, 1.165) is 37.2 Å². The molecule has 2 aromatic rings. The Morgan fingerprint density at radius 3 is 2.12 bits per heavy atom. The number of amides is 2. The van der Waals surface area contributed by atoms with Crippen LogP contribution in [0.2, 0.25) is 0 Å². The third kappa shape index (κ3) is 5.18. The van der Waals surface area contributed by atoms with E-state index in [2.05, 4.69) is 19.2 Å². The van der Waals surface area contributed by atoms with Crippen LogP contribution in [0.1, 0.15) is 53.0 Å². The molecule has 2 rings (SSSR count). The minimum absolute atomic E-state index is 0.0197. The zero-order valence-electron chi connectivity index (χ0n) is 15.2. The standard InChI is InChI=1S/C21H26N2O2/c1-4-13-23(14-5-2)21(25)18-8-6-7-17(15-18)20(24)22-19-11-9-16(3)10-12-19/h6-12,15H,4-5,13-14H2,1-3H3,(H,22,24). The van der Waals surface area contributed by atoms with Gasteiger partial charge in [0.15, 0.2) is 0 Å². The van der Waals surface area contributed by atoms with Crippen molar-refractivity contribution in [2.45, 2.75) is 33.6 Å². The van der Waals surface area contributed by atoms with Crippen molar-refractivity contribution in [1.29, 1.82) is 0 Å². The number of benzene rings is 2. The highest BCUT2D eigenvalue weighted by Crippen LogP contribution is 2.13. The second-order valence-electron chi connectivity index (χ2n) is 6.19. The Kier molecular flexibility index (Phi) is 6.75. The first-order valence-corrected chi connectivity index (χ1v) is 8.82. The first-order valence-electron chi connectivity index (χ1n) is 8.82. The fourth-order valence-corrected chi connectivity index (χ4v) is 2.67. The van der Waals surface area contributed by atoms with Gasteiger partial charge in [0.2, 0.25) is 0 Å². The van der Waals surface area contributed by atoms with E-state index in [1.165, 1.54) is 0 Å². The summed E-state index contributed by atoms with van der Waals surface area (Å²) in [4.78, 5) is 27.0. The lowest BCUT2D eigenvalue weighted by molar-refractivity contribution is 0.0755. The summed E-state index contributed by atoms with van der Waals surface area (Å²) in [5, 5.41) is 2.87. The molecule has 0 aliphatic carbocycles. The van der Waals surface area contributed by atoms with E-state index < -0.39 is 0 Å². The van der Waals surface area contributed by atoms with Gasteiger partial charge in [-0.2, -0.15) is 0 Å². The summed E-state index contributed by atoms with van der Waals surface area (Å²) in [6, 6.07) is 14.6. The zero-order valence-corrected chi connectivity index (χ0v) is 15.2. The van der Waals surface area contributed by atoms with E-state index in [1.807, 2.05) is 36.1 Å². The fourth-order valence-electron chi connectivity index (χ4n) is 2.67. The van der Waals surface area contributed by atoms with Gasteiger partial charge in [-0.05, 0) is 50.1 Å². The highest BCUT2D eigenvalue weighted by molar-refractivity contribution is 6.06. The summed E-state index contributed by atoms with van der Waals surface area (Å²) < 4.78 is 0. The summed E-state index contributed by atoms with van der Waals surface area (Å²) in [6.45, 7) is 7.57. The highest BCUT2D eigenvalue weighted by atomic mass is 16.2. The number of carbonyl (C=O) groups excluding carboxylic acids is 2. The maximum Gasteiger partial charge on any atom is 0.255 e. The van der Waals surface area contributed by atoms with Crippen molar-refractivity contribution in [3.63, 3.8) is 0 Å². The van der Waals surface area contributed by atoms with Crippen LogP contribution < -0.4 is 5.32 Å². The van der Waals surface area contributed by atoms with Crippen molar-refractivity contribution in [2.24, 2.45) is 0 Å². The van der Waals surface area contributed by atoms with Crippen LogP contribution in [0.15, 0.2) is 48.5 Å². The molecule has 0 unspecified atom stereocenters. The molecular formula is C21H26N2O2. The number of anilines is 1. The molecule has 0 saturated heterocycles. The van der Waals surface area contributed by atoms with Crippen LogP contribution in [-0.4, -0.2) is 29.8 Å². The van der Waals surface area contributed by atoms with E-state index in [0.29, 0.717) is 11.1 Å². The van der Waals surface area contributed by atoms with Crippen LogP contribution in [0.5, 0.6) is 0 Å². The average Bonchev–Trinajstić information content (AvgIpc) is 2.63. The molecule has 0 spiro atoms. The lowest BCUT2D eigenvalue weighted by Gasteiger charge is -2.21. The molecule has 0 aliphatic heterocycles. The second kappa shape index (κ2) is 9.02. The Hall–Kier alpha value is -2.62. The van der Waals surface area contributed by atoms with Crippen LogP contribution >= 0.6 is 0 Å². The SMILES string of the molecule is CCCN(CCC)C(=O)c1cccc(C(=O)Nc2ccc(C)cc2)c1. The predicted octanol–water partition coefficient (Wildman–Crippen LogP) is 4.51. The number of nitrogens with zero attached hydrogens (tertiary/aromatic N) is 1. The molecule has 4 heteroatoms. The lowest BCUT2D eigenvalue weighted by atomic mass is 10.1. The largest absolute Gasteiger partial charge is 0.339 e. The molecule has 4 nitrogen and oxygen atoms in total. The Morgan fingerprint density at radius 1 is 0.920 bits per heavy atom. The van der Waals surface area contributed by atoms with Crippen molar-refractivity contribution in [3.8, 4) is 0 Å². The number of hydrogen-bond donors (Lipinski definition) is 1. The molecule has 0 aliphatic rings. The van der Waals surface area contributed by atoms with Gasteiger partial charge in [-0.15, -0.1) is 0 Å². The molecule has 25 heavy (non-hydrogen) atoms. The number of carbonyl (C=O) groups is 2. The maximum atomic E-state index is 12.7. The summed E-state index contributed by atoms with van der Waals surface area (Å²) in [5.41, 5.74) is 2.92. The van der Waals surface area contributed by atoms with Crippen LogP contribution in [-0.2, 0) is 0 Å². The molecule has 2 aromatic carbocycles. The predicted molar refractivity (Wildman–Crippen MR) is 102 cm³/mol. The van der Waals surface area contributed by atoms with Crippen molar-refractivity contribution >= 4 is 17.5 Å². The Morgan fingerprint density at radius 2 is 1.52 bits per heavy atom. The van der Waals surface area contributed by atoms with Gasteiger partial charge in [0.1, 0.15) is 0 Å². The Labute approximate surface area is 149 Å². The number of rotatable bonds is 7. The molecule has 0 atom stereocenters. The second-order valence-corrected chi connectivity index (χ2v) is 6.19. The average molecular weight is 338 g/mol. The molecule has 0 heterocycles. The third-order valence-electron chi connectivity index (χ3n) is 3.96. The van der Waals surface area contributed by atoms with Gasteiger partial charge in [-0.3, -0.25) is 9.59 Å². The lowest BCUT2D eigenvalue weighted by Crippen LogP contribution is -2.32. The van der Waals surface area contributed by atoms with Gasteiger partial charge in [-0.1, -0.05) is 37.6 Å². The summed E-state index contributed by atoms with van der Waals surface area (Å²) in [7, 11) is 0. The van der Waals surface area contributed by atoms with Crippen molar-refractivity contribution in [2.75, 3.05) is 18.4 Å². The van der Waals surface area contributed by atoms with E-state index in [4.69, 9.17) is 0 Å². The van der Waals surface area contributed by atoms with Gasteiger partial charge >= 0.3 is 0 Å². The number of hydrogen-bond acceptors (Lipinski definition) is 2. The highest BCUT2D eigenvalue weighted by Gasteiger charge is 2.16. The fraction of sp³-hybridized carbons (Fsp3) is 0.333. The van der Waals surface area contributed by atoms with Crippen molar-refractivity contribution in [1.82, 2.24) is 4.90 Å². The third-order valence-corrected chi connectivity index (χ3v) is 3.96. The van der Waals surface area contributed by atoms with E-state index in [9.17, 15) is 9.59 Å². The Bertz CT molecular complexity index is 717. The topological polar surface area (TPSA) is 49.4 Å². The van der Waals surface area contributed by atoms with E-state index >= 15 is 0 Å². The summed E-state index contributed by atoms with van der Waals surface area (Å²) in [5.74, 6) is -0.232. The van der Waals surface area contributed by atoms with E-state index in [-0.39, 0.29) is 11.8 Å². The van der Waals surface area contributed by atoms with E-state index in [1.54, 1.807) is 24.3 Å². The quantitative estimate of drug-likeness (QED) is 0.807. The van der Waals surface area contributed by atoms with Gasteiger partial charge in [0.25, 0.3) is 11.8 Å². The molecule has 0 fully saturated rings. The van der Waals surface area contributed by atoms with Crippen molar-refractivity contribution in [3.05, 3.63) is 65.2 Å². The Balaban J connectivity index is 2.15. The van der Waals surface area contributed by atoms with Gasteiger partial charge < -0.3 is 10.2 Å². The molecule has 0 saturated carbocycles. The monoisotopic (exact) mass is 338 g/mol. The minimum Gasteiger partial charge on any atom is -0.339 e. The van der Waals surface area contributed by atoms with Gasteiger partial charge in [0, 0.05) is 29.9 Å². The van der Waals surface area contributed by atoms with Crippen LogP contribution in [0, 0.1) is 6.92 Å². The van der Waals surface area contributed by atoms with Crippen LogP contribution in [0.4, 0.5) is 5.69 Å². The summed E-state index contributed by atoms with van der Waals surface area (Å²) in [6.07, 6.45) is 1.83. The molecule has 0 radical (unpaired) electrons. The molecular weight excluding hydrogens is 312 g/mol. The molecule has 2 amide bonds. The zero-order chi connectivity index (χ0) is 18.2. The van der Waals surface area contributed by atoms with Gasteiger partial charge in [0.05, 0.1) is 0 Å². The molecule has 1 N–H and O–H groups in total. The maximum absolute atomic E-state index is 12.7. The van der Waals surface area contributed by atoms with Crippen LogP contribution in [0.25, 0.3) is 0 Å². The smallest absolute Gasteiger partial charge is 0.255 e. The molecule has 132 valence electrons. The van der Waals surface area contributed by atoms with Crippen LogP contribution in [0.3, 0.4) is 0 Å². The first-order chi connectivity index (χ1) is 12.0. The normalized spacial score (nSPS) is 10.4. The molecule has 0 aromatic heterocycles. The summed E-state index contributed by atoms with van der Waals surface area (Å²) >= 11 is 0. The number of nitrogens with one attached hydrogen (secondary N) is 1. The van der Waals surface area contributed by atoms with Gasteiger partial charge in [-0.25, -0.2) is 0 Å². The first kappa shape index (κ1) is 18.7. The number of aryl methyl sites for hydroxylation is 1. The van der Waals surface area contributed by atoms with Crippen molar-refractivity contribution < 1.29 is 9.59 Å². The minimum atomic E-state index is -0.212.